The van der Waals surface area contributed by atoms with Crippen molar-refractivity contribution in [3.05, 3.63) is 30.0 Å². The molecule has 0 aliphatic heterocycles. The minimum absolute atomic E-state index is 0.962. The van der Waals surface area contributed by atoms with Crippen molar-refractivity contribution >= 4 is 22.7 Å². The van der Waals surface area contributed by atoms with Gasteiger partial charge in [0.15, 0.2) is 0 Å². The Kier molecular flexibility index (Phi) is 2.32. The minimum atomic E-state index is 0.962. The molecule has 0 spiro atoms. The van der Waals surface area contributed by atoms with Crippen molar-refractivity contribution < 1.29 is 4.42 Å². The summed E-state index contributed by atoms with van der Waals surface area (Å²) in [6, 6.07) is 8.45. The normalized spacial score (nSPS) is 10.9. The molecule has 2 heteroatoms. The molecule has 0 unspecified atom stereocenters. The van der Waals surface area contributed by atoms with Gasteiger partial charge in [0.1, 0.15) is 11.3 Å². The van der Waals surface area contributed by atoms with Crippen LogP contribution in [0.15, 0.2) is 33.6 Å². The topological polar surface area (TPSA) is 13.1 Å². The first-order chi connectivity index (χ1) is 6.33. The Morgan fingerprint density at radius 1 is 1.31 bits per heavy atom. The third kappa shape index (κ3) is 1.59. The fraction of sp³-hybridized carbons (Fsp3) is 0.273. The quantitative estimate of drug-likeness (QED) is 0.673. The average molecular weight is 192 g/mol. The van der Waals surface area contributed by atoms with E-state index in [1.54, 1.807) is 11.8 Å². The summed E-state index contributed by atoms with van der Waals surface area (Å²) in [7, 11) is 0. The largest absolute Gasteiger partial charge is 0.461 e. The number of rotatable bonds is 2. The number of fused-ring (bicyclic) bond motifs is 1. The van der Waals surface area contributed by atoms with Crippen LogP contribution in [0.4, 0.5) is 0 Å². The predicted molar refractivity (Wildman–Crippen MR) is 57.4 cm³/mol. The molecule has 1 nitrogen and oxygen atoms in total. The zero-order valence-corrected chi connectivity index (χ0v) is 8.65. The monoisotopic (exact) mass is 192 g/mol. The van der Waals surface area contributed by atoms with Crippen molar-refractivity contribution in [3.63, 3.8) is 0 Å². The van der Waals surface area contributed by atoms with E-state index in [0.717, 1.165) is 17.8 Å². The molecule has 1 aromatic carbocycles. The Balaban J connectivity index is 2.57. The Labute approximate surface area is 82.1 Å². The number of furan rings is 1. The van der Waals surface area contributed by atoms with Crippen molar-refractivity contribution in [2.75, 3.05) is 6.26 Å². The van der Waals surface area contributed by atoms with Crippen LogP contribution in [0.25, 0.3) is 11.0 Å². The summed E-state index contributed by atoms with van der Waals surface area (Å²) in [5.74, 6) is 1.06. The van der Waals surface area contributed by atoms with E-state index in [4.69, 9.17) is 4.42 Å². The van der Waals surface area contributed by atoms with Gasteiger partial charge in [0.25, 0.3) is 0 Å². The van der Waals surface area contributed by atoms with Gasteiger partial charge >= 0.3 is 0 Å². The lowest BCUT2D eigenvalue weighted by Gasteiger charge is -1.93. The molecule has 0 atom stereocenters. The molecule has 0 amide bonds. The molecule has 0 aliphatic rings. The Morgan fingerprint density at radius 2 is 2.15 bits per heavy atom. The molecule has 0 bridgehead atoms. The average Bonchev–Trinajstić information content (AvgIpc) is 2.58. The lowest BCUT2D eigenvalue weighted by atomic mass is 10.2. The molecule has 0 fully saturated rings. The van der Waals surface area contributed by atoms with Crippen molar-refractivity contribution in [3.8, 4) is 0 Å². The second-order valence-electron chi connectivity index (χ2n) is 2.97. The number of hydrogen-bond acceptors (Lipinski definition) is 2. The highest BCUT2D eigenvalue weighted by molar-refractivity contribution is 7.98. The third-order valence-electron chi connectivity index (χ3n) is 2.13. The maximum atomic E-state index is 5.65. The zero-order chi connectivity index (χ0) is 9.26. The first kappa shape index (κ1) is 8.70. The van der Waals surface area contributed by atoms with Crippen LogP contribution in [-0.2, 0) is 6.42 Å². The van der Waals surface area contributed by atoms with E-state index in [2.05, 4.69) is 37.4 Å². The maximum absolute atomic E-state index is 5.65. The van der Waals surface area contributed by atoms with E-state index in [-0.39, 0.29) is 0 Å². The van der Waals surface area contributed by atoms with Crippen LogP contribution >= 0.6 is 11.8 Å². The van der Waals surface area contributed by atoms with E-state index < -0.39 is 0 Å². The molecule has 1 heterocycles. The molecule has 0 saturated heterocycles. The third-order valence-corrected chi connectivity index (χ3v) is 2.85. The smallest absolute Gasteiger partial charge is 0.135 e. The van der Waals surface area contributed by atoms with Gasteiger partial charge in [-0.1, -0.05) is 13.0 Å². The molecule has 0 saturated carbocycles. The van der Waals surface area contributed by atoms with Gasteiger partial charge in [-0.25, -0.2) is 0 Å². The van der Waals surface area contributed by atoms with Gasteiger partial charge in [-0.2, -0.15) is 0 Å². The van der Waals surface area contributed by atoms with Crippen molar-refractivity contribution in [1.82, 2.24) is 0 Å². The molecule has 0 radical (unpaired) electrons. The molecular weight excluding hydrogens is 180 g/mol. The van der Waals surface area contributed by atoms with Crippen molar-refractivity contribution in [2.45, 2.75) is 18.2 Å². The van der Waals surface area contributed by atoms with Crippen LogP contribution in [0.2, 0.25) is 0 Å². The lowest BCUT2D eigenvalue weighted by Crippen LogP contribution is -1.67. The van der Waals surface area contributed by atoms with Gasteiger partial charge in [-0.05, 0) is 24.5 Å². The molecular formula is C11H12OS. The first-order valence-electron chi connectivity index (χ1n) is 4.40. The van der Waals surface area contributed by atoms with E-state index in [9.17, 15) is 0 Å². The number of benzene rings is 1. The summed E-state index contributed by atoms with van der Waals surface area (Å²) in [4.78, 5) is 1.25. The van der Waals surface area contributed by atoms with Crippen LogP contribution in [0.5, 0.6) is 0 Å². The standard InChI is InChI=1S/C11H12OS/c1-3-9-6-8-4-5-10(13-2)7-11(8)12-9/h4-7H,3H2,1-2H3. The SMILES string of the molecule is CCc1cc2ccc(SC)cc2o1. The van der Waals surface area contributed by atoms with Gasteiger partial charge in [-0.15, -0.1) is 11.8 Å². The molecule has 68 valence electrons. The van der Waals surface area contributed by atoms with E-state index in [1.165, 1.54) is 10.3 Å². The van der Waals surface area contributed by atoms with Crippen LogP contribution in [-0.4, -0.2) is 6.26 Å². The van der Waals surface area contributed by atoms with Crippen LogP contribution in [0.1, 0.15) is 12.7 Å². The summed E-state index contributed by atoms with van der Waals surface area (Å²) in [5, 5.41) is 1.20. The van der Waals surface area contributed by atoms with E-state index >= 15 is 0 Å². The Morgan fingerprint density at radius 3 is 2.85 bits per heavy atom. The van der Waals surface area contributed by atoms with Gasteiger partial charge < -0.3 is 4.42 Å². The molecule has 13 heavy (non-hydrogen) atoms. The highest BCUT2D eigenvalue weighted by Gasteiger charge is 2.02. The van der Waals surface area contributed by atoms with E-state index in [1.807, 2.05) is 0 Å². The summed E-state index contributed by atoms with van der Waals surface area (Å²) < 4.78 is 5.65. The Bertz CT molecular complexity index is 415. The summed E-state index contributed by atoms with van der Waals surface area (Å²) >= 11 is 1.74. The molecule has 0 N–H and O–H groups in total. The summed E-state index contributed by atoms with van der Waals surface area (Å²) in [6.07, 6.45) is 3.04. The first-order valence-corrected chi connectivity index (χ1v) is 5.62. The maximum Gasteiger partial charge on any atom is 0.135 e. The number of hydrogen-bond donors (Lipinski definition) is 0. The van der Waals surface area contributed by atoms with Gasteiger partial charge in [-0.3, -0.25) is 0 Å². The van der Waals surface area contributed by atoms with E-state index in [0.29, 0.717) is 0 Å². The van der Waals surface area contributed by atoms with Crippen LogP contribution in [0.3, 0.4) is 0 Å². The van der Waals surface area contributed by atoms with Crippen molar-refractivity contribution in [1.29, 1.82) is 0 Å². The Hall–Kier alpha value is -0.890. The van der Waals surface area contributed by atoms with Crippen LogP contribution in [0, 0.1) is 0 Å². The van der Waals surface area contributed by atoms with Gasteiger partial charge in [0, 0.05) is 16.7 Å². The van der Waals surface area contributed by atoms with Gasteiger partial charge in [0.05, 0.1) is 0 Å². The van der Waals surface area contributed by atoms with Gasteiger partial charge in [0.2, 0.25) is 0 Å². The summed E-state index contributed by atoms with van der Waals surface area (Å²) in [5.41, 5.74) is 1.00. The lowest BCUT2D eigenvalue weighted by molar-refractivity contribution is 0.556. The molecule has 0 aliphatic carbocycles. The second-order valence-corrected chi connectivity index (χ2v) is 3.85. The zero-order valence-electron chi connectivity index (χ0n) is 7.83. The minimum Gasteiger partial charge on any atom is -0.461 e. The second kappa shape index (κ2) is 3.46. The molecule has 1 aromatic heterocycles. The number of thioether (sulfide) groups is 1. The predicted octanol–water partition coefficient (Wildman–Crippen LogP) is 3.72. The van der Waals surface area contributed by atoms with Crippen LogP contribution < -0.4 is 0 Å². The molecule has 2 aromatic rings. The fourth-order valence-corrected chi connectivity index (χ4v) is 1.80. The van der Waals surface area contributed by atoms with Crippen molar-refractivity contribution in [2.24, 2.45) is 0 Å². The summed E-state index contributed by atoms with van der Waals surface area (Å²) in [6.45, 7) is 2.10. The molecule has 2 rings (SSSR count). The highest BCUT2D eigenvalue weighted by Crippen LogP contribution is 2.24. The highest BCUT2D eigenvalue weighted by atomic mass is 32.2. The number of aryl methyl sites for hydroxylation is 1. The fourth-order valence-electron chi connectivity index (χ4n) is 1.37.